The zero-order valence-corrected chi connectivity index (χ0v) is 12.8. The van der Waals surface area contributed by atoms with Crippen LogP contribution < -0.4 is 5.32 Å². The van der Waals surface area contributed by atoms with E-state index in [1.165, 1.54) is 12.0 Å². The lowest BCUT2D eigenvalue weighted by atomic mass is 10.0. The summed E-state index contributed by atoms with van der Waals surface area (Å²) >= 11 is 0. The minimum Gasteiger partial charge on any atom is -0.453 e. The molecule has 1 N–H and O–H groups in total. The average Bonchev–Trinajstić information content (AvgIpc) is 2.96. The first-order valence-corrected chi connectivity index (χ1v) is 7.29. The maximum atomic E-state index is 12.5. The summed E-state index contributed by atoms with van der Waals surface area (Å²) in [6, 6.07) is 7.31. The van der Waals surface area contributed by atoms with E-state index in [0.717, 1.165) is 17.7 Å². The summed E-state index contributed by atoms with van der Waals surface area (Å²) in [7, 11) is 1.34. The molecule has 0 bridgehead atoms. The van der Waals surface area contributed by atoms with E-state index in [0.29, 0.717) is 18.9 Å². The number of nitrogens with one attached hydrogen (secondary N) is 1. The van der Waals surface area contributed by atoms with E-state index in [1.54, 1.807) is 0 Å². The molecule has 1 aliphatic heterocycles. The fraction of sp³-hybridized carbons (Fsp3) is 0.500. The van der Waals surface area contributed by atoms with Crippen LogP contribution >= 0.6 is 0 Å². The number of carbonyl (C=O) groups is 2. The number of hydrogen-bond donors (Lipinski definition) is 1. The minimum atomic E-state index is -0.447. The molecule has 0 aliphatic carbocycles. The maximum Gasteiger partial charge on any atom is 0.410 e. The van der Waals surface area contributed by atoms with Gasteiger partial charge in [-0.05, 0) is 30.4 Å². The van der Waals surface area contributed by atoms with Gasteiger partial charge in [0, 0.05) is 12.2 Å². The molecule has 1 unspecified atom stereocenters. The first-order valence-electron chi connectivity index (χ1n) is 7.29. The molecule has 114 valence electrons. The highest BCUT2D eigenvalue weighted by Crippen LogP contribution is 2.25. The van der Waals surface area contributed by atoms with Gasteiger partial charge >= 0.3 is 6.09 Å². The predicted molar refractivity (Wildman–Crippen MR) is 81.3 cm³/mol. The molecule has 1 heterocycles. The first kappa shape index (κ1) is 15.4. The molecule has 1 fully saturated rings. The van der Waals surface area contributed by atoms with Gasteiger partial charge in [0.25, 0.3) is 0 Å². The standard InChI is InChI=1S/C16H22N2O3/c1-11(2)12-7-4-5-8-13(12)17-15(19)14-9-6-10-18(14)16(20)21-3/h4-5,7-8,11,14H,6,9-10H2,1-3H3,(H,17,19). The summed E-state index contributed by atoms with van der Waals surface area (Å²) < 4.78 is 4.73. The first-order chi connectivity index (χ1) is 10.0. The van der Waals surface area contributed by atoms with E-state index in [1.807, 2.05) is 24.3 Å². The van der Waals surface area contributed by atoms with Gasteiger partial charge < -0.3 is 10.1 Å². The normalized spacial score (nSPS) is 17.9. The summed E-state index contributed by atoms with van der Waals surface area (Å²) in [6.07, 6.45) is 1.05. The molecule has 2 amide bonds. The molecule has 21 heavy (non-hydrogen) atoms. The van der Waals surface area contributed by atoms with Gasteiger partial charge in [-0.3, -0.25) is 9.69 Å². The van der Waals surface area contributed by atoms with Gasteiger partial charge in [-0.15, -0.1) is 0 Å². The lowest BCUT2D eigenvalue weighted by Crippen LogP contribution is -2.43. The zero-order valence-electron chi connectivity index (χ0n) is 12.8. The number of rotatable bonds is 3. The number of amides is 2. The number of benzene rings is 1. The quantitative estimate of drug-likeness (QED) is 0.931. The van der Waals surface area contributed by atoms with Gasteiger partial charge in [-0.2, -0.15) is 0 Å². The van der Waals surface area contributed by atoms with E-state index in [4.69, 9.17) is 4.74 Å². The van der Waals surface area contributed by atoms with Crippen molar-refractivity contribution in [2.24, 2.45) is 0 Å². The second kappa shape index (κ2) is 6.61. The number of nitrogens with zero attached hydrogens (tertiary/aromatic N) is 1. The average molecular weight is 290 g/mol. The lowest BCUT2D eigenvalue weighted by Gasteiger charge is -2.23. The smallest absolute Gasteiger partial charge is 0.410 e. The Bertz CT molecular complexity index is 528. The van der Waals surface area contributed by atoms with Crippen LogP contribution in [0.4, 0.5) is 10.5 Å². The van der Waals surface area contributed by atoms with E-state index in [9.17, 15) is 9.59 Å². The van der Waals surface area contributed by atoms with Gasteiger partial charge in [-0.1, -0.05) is 32.0 Å². The molecule has 5 heteroatoms. The molecule has 0 spiro atoms. The number of hydrogen-bond acceptors (Lipinski definition) is 3. The Balaban J connectivity index is 2.13. The molecule has 1 aromatic carbocycles. The Hall–Kier alpha value is -2.04. The number of ether oxygens (including phenoxy) is 1. The Morgan fingerprint density at radius 2 is 2.05 bits per heavy atom. The van der Waals surface area contributed by atoms with Crippen molar-refractivity contribution in [1.29, 1.82) is 0 Å². The van der Waals surface area contributed by atoms with Crippen molar-refractivity contribution in [3.05, 3.63) is 29.8 Å². The molecule has 1 saturated heterocycles. The van der Waals surface area contributed by atoms with Crippen LogP contribution in [-0.2, 0) is 9.53 Å². The molecular weight excluding hydrogens is 268 g/mol. The zero-order chi connectivity index (χ0) is 15.4. The summed E-state index contributed by atoms with van der Waals surface area (Å²) in [5.41, 5.74) is 1.91. The Labute approximate surface area is 125 Å². The van der Waals surface area contributed by atoms with E-state index < -0.39 is 12.1 Å². The molecule has 2 rings (SSSR count). The number of para-hydroxylation sites is 1. The lowest BCUT2D eigenvalue weighted by molar-refractivity contribution is -0.119. The largest absolute Gasteiger partial charge is 0.453 e. The highest BCUT2D eigenvalue weighted by atomic mass is 16.5. The van der Waals surface area contributed by atoms with Crippen LogP contribution in [0.2, 0.25) is 0 Å². The minimum absolute atomic E-state index is 0.147. The molecule has 0 saturated carbocycles. The number of methoxy groups -OCH3 is 1. The van der Waals surface area contributed by atoms with Crippen molar-refractivity contribution in [1.82, 2.24) is 4.90 Å². The second-order valence-electron chi connectivity index (χ2n) is 5.55. The number of likely N-dealkylation sites (tertiary alicyclic amines) is 1. The van der Waals surface area contributed by atoms with Crippen molar-refractivity contribution >= 4 is 17.7 Å². The predicted octanol–water partition coefficient (Wildman–Crippen LogP) is 2.98. The third kappa shape index (κ3) is 3.35. The van der Waals surface area contributed by atoms with E-state index in [2.05, 4.69) is 19.2 Å². The van der Waals surface area contributed by atoms with E-state index in [-0.39, 0.29) is 5.91 Å². The molecule has 1 aliphatic rings. The Morgan fingerprint density at radius 1 is 1.33 bits per heavy atom. The highest BCUT2D eigenvalue weighted by Gasteiger charge is 2.34. The Kier molecular flexibility index (Phi) is 4.83. The molecular formula is C16H22N2O3. The van der Waals surface area contributed by atoms with E-state index >= 15 is 0 Å². The van der Waals surface area contributed by atoms with Crippen LogP contribution in [0.3, 0.4) is 0 Å². The third-order valence-corrected chi connectivity index (χ3v) is 3.81. The van der Waals surface area contributed by atoms with Crippen molar-refractivity contribution in [3.63, 3.8) is 0 Å². The number of carbonyl (C=O) groups excluding carboxylic acids is 2. The fourth-order valence-electron chi connectivity index (χ4n) is 2.71. The maximum absolute atomic E-state index is 12.5. The van der Waals surface area contributed by atoms with Gasteiger partial charge in [0.05, 0.1) is 7.11 Å². The van der Waals surface area contributed by atoms with Crippen LogP contribution in [0.25, 0.3) is 0 Å². The molecule has 1 aromatic rings. The molecule has 0 radical (unpaired) electrons. The highest BCUT2D eigenvalue weighted by molar-refractivity contribution is 5.97. The van der Waals surface area contributed by atoms with Gasteiger partial charge in [-0.25, -0.2) is 4.79 Å². The number of anilines is 1. The van der Waals surface area contributed by atoms with Gasteiger partial charge in [0.15, 0.2) is 0 Å². The van der Waals surface area contributed by atoms with Gasteiger partial charge in [0.1, 0.15) is 6.04 Å². The monoisotopic (exact) mass is 290 g/mol. The van der Waals surface area contributed by atoms with Crippen molar-refractivity contribution in [2.45, 2.75) is 38.6 Å². The summed E-state index contributed by atoms with van der Waals surface area (Å²) in [5, 5.41) is 2.95. The topological polar surface area (TPSA) is 58.6 Å². The summed E-state index contributed by atoms with van der Waals surface area (Å²) in [5.74, 6) is 0.174. The van der Waals surface area contributed by atoms with Crippen LogP contribution in [0.5, 0.6) is 0 Å². The molecule has 0 aromatic heterocycles. The molecule has 5 nitrogen and oxygen atoms in total. The van der Waals surface area contributed by atoms with Crippen LogP contribution in [0.15, 0.2) is 24.3 Å². The molecule has 1 atom stereocenters. The van der Waals surface area contributed by atoms with Crippen molar-refractivity contribution < 1.29 is 14.3 Å². The SMILES string of the molecule is COC(=O)N1CCCC1C(=O)Nc1ccccc1C(C)C. The Morgan fingerprint density at radius 3 is 2.71 bits per heavy atom. The second-order valence-corrected chi connectivity index (χ2v) is 5.55. The third-order valence-electron chi connectivity index (χ3n) is 3.81. The fourth-order valence-corrected chi connectivity index (χ4v) is 2.71. The van der Waals surface area contributed by atoms with Crippen LogP contribution in [0.1, 0.15) is 38.2 Å². The van der Waals surface area contributed by atoms with Gasteiger partial charge in [0.2, 0.25) is 5.91 Å². The summed E-state index contributed by atoms with van der Waals surface area (Å²) in [6.45, 7) is 4.74. The van der Waals surface area contributed by atoms with Crippen molar-refractivity contribution in [3.8, 4) is 0 Å². The van der Waals surface area contributed by atoms with Crippen LogP contribution in [-0.4, -0.2) is 36.6 Å². The van der Waals surface area contributed by atoms with Crippen LogP contribution in [0, 0.1) is 0 Å². The summed E-state index contributed by atoms with van der Waals surface area (Å²) in [4.78, 5) is 25.6. The van der Waals surface area contributed by atoms with Crippen molar-refractivity contribution in [2.75, 3.05) is 19.0 Å².